The van der Waals surface area contributed by atoms with Gasteiger partial charge in [0.25, 0.3) is 0 Å². The van der Waals surface area contributed by atoms with Crippen LogP contribution in [0.15, 0.2) is 24.3 Å². The molecule has 1 aromatic rings. The van der Waals surface area contributed by atoms with E-state index in [9.17, 15) is 10.2 Å². The number of ether oxygens (including phenoxy) is 1. The molecule has 0 heterocycles. The number of methoxy groups -OCH3 is 1. The highest BCUT2D eigenvalue weighted by molar-refractivity contribution is 5.28. The summed E-state index contributed by atoms with van der Waals surface area (Å²) in [5.41, 5.74) is 0.645. The molecule has 90 valence electrons. The van der Waals surface area contributed by atoms with E-state index >= 15 is 0 Å². The maximum Gasteiger partial charge on any atom is 0.118 e. The van der Waals surface area contributed by atoms with E-state index in [0.717, 1.165) is 0 Å². The van der Waals surface area contributed by atoms with Crippen molar-refractivity contribution in [2.24, 2.45) is 0 Å². The molecule has 0 aliphatic rings. The molecule has 16 heavy (non-hydrogen) atoms. The van der Waals surface area contributed by atoms with Crippen LogP contribution in [-0.4, -0.2) is 35.1 Å². The third-order valence-electron chi connectivity index (χ3n) is 2.48. The van der Waals surface area contributed by atoms with Crippen molar-refractivity contribution in [2.75, 3.05) is 13.7 Å². The summed E-state index contributed by atoms with van der Waals surface area (Å²) in [7, 11) is 1.57. The number of hydrogen-bond donors (Lipinski definition) is 3. The van der Waals surface area contributed by atoms with Crippen molar-refractivity contribution in [2.45, 2.75) is 25.0 Å². The highest BCUT2D eigenvalue weighted by Crippen LogP contribution is 2.22. The summed E-state index contributed by atoms with van der Waals surface area (Å²) in [6, 6.07) is 6.89. The van der Waals surface area contributed by atoms with Crippen LogP contribution >= 0.6 is 0 Å². The van der Waals surface area contributed by atoms with Gasteiger partial charge in [-0.1, -0.05) is 12.1 Å². The first-order valence-electron chi connectivity index (χ1n) is 5.30. The van der Waals surface area contributed by atoms with Gasteiger partial charge in [0, 0.05) is 6.61 Å². The van der Waals surface area contributed by atoms with Crippen molar-refractivity contribution < 1.29 is 20.1 Å². The number of aliphatic hydroxyl groups is 3. The summed E-state index contributed by atoms with van der Waals surface area (Å²) in [4.78, 5) is 0. The van der Waals surface area contributed by atoms with Gasteiger partial charge in [-0.25, -0.2) is 0 Å². The number of benzene rings is 1. The molecule has 0 radical (unpaired) electrons. The van der Waals surface area contributed by atoms with Gasteiger partial charge in [0.15, 0.2) is 0 Å². The van der Waals surface area contributed by atoms with E-state index < -0.39 is 12.2 Å². The Morgan fingerprint density at radius 1 is 1.19 bits per heavy atom. The third-order valence-corrected chi connectivity index (χ3v) is 2.48. The average molecular weight is 226 g/mol. The van der Waals surface area contributed by atoms with Crippen LogP contribution in [0, 0.1) is 0 Å². The molecular formula is C12H18O4. The van der Waals surface area contributed by atoms with Gasteiger partial charge in [-0.05, 0) is 30.5 Å². The number of hydrogen-bond acceptors (Lipinski definition) is 4. The highest BCUT2D eigenvalue weighted by Gasteiger charge is 2.17. The van der Waals surface area contributed by atoms with Crippen LogP contribution in [0.3, 0.4) is 0 Å². The molecule has 1 rings (SSSR count). The van der Waals surface area contributed by atoms with Crippen LogP contribution < -0.4 is 4.74 Å². The van der Waals surface area contributed by atoms with Gasteiger partial charge >= 0.3 is 0 Å². The van der Waals surface area contributed by atoms with E-state index in [1.165, 1.54) is 0 Å². The third kappa shape index (κ3) is 3.48. The van der Waals surface area contributed by atoms with E-state index in [1.807, 2.05) is 0 Å². The topological polar surface area (TPSA) is 69.9 Å². The Morgan fingerprint density at radius 3 is 2.31 bits per heavy atom. The first-order chi connectivity index (χ1) is 7.69. The zero-order valence-electron chi connectivity index (χ0n) is 9.34. The molecule has 0 amide bonds. The molecule has 0 aliphatic heterocycles. The second-order valence-electron chi connectivity index (χ2n) is 3.65. The van der Waals surface area contributed by atoms with Crippen molar-refractivity contribution in [3.05, 3.63) is 29.8 Å². The predicted octanol–water partition coefficient (Wildman–Crippen LogP) is 0.862. The summed E-state index contributed by atoms with van der Waals surface area (Å²) >= 11 is 0. The lowest BCUT2D eigenvalue weighted by molar-refractivity contribution is 0.00988. The molecule has 0 fully saturated rings. The lowest BCUT2D eigenvalue weighted by Crippen LogP contribution is -2.18. The van der Waals surface area contributed by atoms with E-state index in [0.29, 0.717) is 24.2 Å². The first-order valence-corrected chi connectivity index (χ1v) is 5.30. The fourth-order valence-electron chi connectivity index (χ4n) is 1.48. The molecule has 0 unspecified atom stereocenters. The van der Waals surface area contributed by atoms with Gasteiger partial charge in [0.05, 0.1) is 13.2 Å². The minimum atomic E-state index is -0.919. The summed E-state index contributed by atoms with van der Waals surface area (Å²) in [5.74, 6) is 0.709. The Labute approximate surface area is 95.1 Å². The van der Waals surface area contributed by atoms with Gasteiger partial charge in [-0.15, -0.1) is 0 Å². The molecule has 3 N–H and O–H groups in total. The molecule has 0 bridgehead atoms. The quantitative estimate of drug-likeness (QED) is 0.673. The molecule has 4 nitrogen and oxygen atoms in total. The SMILES string of the molecule is COc1ccc([C@@H](O)[C@@H](O)CCCO)cc1. The molecule has 0 aromatic heterocycles. The summed E-state index contributed by atoms with van der Waals surface area (Å²) in [5, 5.41) is 28.1. The summed E-state index contributed by atoms with van der Waals surface area (Å²) in [6.07, 6.45) is -0.907. The van der Waals surface area contributed by atoms with E-state index in [1.54, 1.807) is 31.4 Å². The second kappa shape index (κ2) is 6.48. The monoisotopic (exact) mass is 226 g/mol. The van der Waals surface area contributed by atoms with E-state index in [2.05, 4.69) is 0 Å². The van der Waals surface area contributed by atoms with Crippen molar-refractivity contribution in [1.82, 2.24) is 0 Å². The summed E-state index contributed by atoms with van der Waals surface area (Å²) in [6.45, 7) is 0.0202. The van der Waals surface area contributed by atoms with E-state index in [-0.39, 0.29) is 6.61 Å². The Kier molecular flexibility index (Phi) is 5.25. The van der Waals surface area contributed by atoms with Crippen LogP contribution in [0.25, 0.3) is 0 Å². The maximum absolute atomic E-state index is 9.81. The fraction of sp³-hybridized carbons (Fsp3) is 0.500. The van der Waals surface area contributed by atoms with Gasteiger partial charge in [-0.3, -0.25) is 0 Å². The van der Waals surface area contributed by atoms with Crippen molar-refractivity contribution in [3.8, 4) is 5.75 Å². The molecule has 0 spiro atoms. The zero-order chi connectivity index (χ0) is 12.0. The number of rotatable bonds is 6. The molecule has 0 saturated carbocycles. The van der Waals surface area contributed by atoms with Gasteiger partial charge in [-0.2, -0.15) is 0 Å². The van der Waals surface area contributed by atoms with Gasteiger partial charge < -0.3 is 20.1 Å². The second-order valence-corrected chi connectivity index (χ2v) is 3.65. The van der Waals surface area contributed by atoms with Crippen LogP contribution in [0.5, 0.6) is 5.75 Å². The molecule has 0 saturated heterocycles. The van der Waals surface area contributed by atoms with Crippen molar-refractivity contribution in [1.29, 1.82) is 0 Å². The molecule has 4 heteroatoms. The van der Waals surface area contributed by atoms with E-state index in [4.69, 9.17) is 9.84 Å². The Bertz CT molecular complexity index is 296. The minimum Gasteiger partial charge on any atom is -0.497 e. The Hall–Kier alpha value is -1.10. The standard InChI is InChI=1S/C12H18O4/c1-16-10-6-4-9(5-7-10)12(15)11(14)3-2-8-13/h4-7,11-15H,2-3,8H2,1H3/t11-,12+/m0/s1. The lowest BCUT2D eigenvalue weighted by atomic mass is 10.0. The molecular weight excluding hydrogens is 208 g/mol. The lowest BCUT2D eigenvalue weighted by Gasteiger charge is -2.17. The van der Waals surface area contributed by atoms with Gasteiger partial charge in [0.1, 0.15) is 11.9 Å². The molecule has 2 atom stereocenters. The Balaban J connectivity index is 2.60. The normalized spacial score (nSPS) is 14.5. The van der Waals surface area contributed by atoms with Crippen LogP contribution in [0.4, 0.5) is 0 Å². The predicted molar refractivity (Wildman–Crippen MR) is 60.3 cm³/mol. The molecule has 0 aliphatic carbocycles. The van der Waals surface area contributed by atoms with Crippen molar-refractivity contribution in [3.63, 3.8) is 0 Å². The van der Waals surface area contributed by atoms with Crippen LogP contribution in [-0.2, 0) is 0 Å². The summed E-state index contributed by atoms with van der Waals surface area (Å²) < 4.78 is 5.00. The highest BCUT2D eigenvalue weighted by atomic mass is 16.5. The Morgan fingerprint density at radius 2 is 1.81 bits per heavy atom. The van der Waals surface area contributed by atoms with Crippen LogP contribution in [0.1, 0.15) is 24.5 Å². The zero-order valence-corrected chi connectivity index (χ0v) is 9.34. The minimum absolute atomic E-state index is 0.0202. The smallest absolute Gasteiger partial charge is 0.118 e. The van der Waals surface area contributed by atoms with Crippen LogP contribution in [0.2, 0.25) is 0 Å². The fourth-order valence-corrected chi connectivity index (χ4v) is 1.48. The maximum atomic E-state index is 9.81. The van der Waals surface area contributed by atoms with Crippen molar-refractivity contribution >= 4 is 0 Å². The number of aliphatic hydroxyl groups excluding tert-OH is 3. The first kappa shape index (κ1) is 13.0. The molecule has 1 aromatic carbocycles. The van der Waals surface area contributed by atoms with Gasteiger partial charge in [0.2, 0.25) is 0 Å². The average Bonchev–Trinajstić information content (AvgIpc) is 2.35. The largest absolute Gasteiger partial charge is 0.497 e.